The minimum absolute atomic E-state index is 0.0227. The van der Waals surface area contributed by atoms with Crippen molar-refractivity contribution in [1.29, 1.82) is 0 Å². The number of hydrogen-bond acceptors (Lipinski definition) is 10. The fourth-order valence-corrected chi connectivity index (χ4v) is 6.92. The molecule has 0 aromatic carbocycles. The van der Waals surface area contributed by atoms with E-state index in [0.29, 0.717) is 25.1 Å². The average molecular weight is 682 g/mol. The molecule has 2 aliphatic heterocycles. The predicted molar refractivity (Wildman–Crippen MR) is 191 cm³/mol. The zero-order chi connectivity index (χ0) is 35.6. The zero-order valence-corrected chi connectivity index (χ0v) is 30.5. The number of amides is 1. The van der Waals surface area contributed by atoms with Crippen molar-refractivity contribution >= 4 is 18.0 Å². The van der Waals surface area contributed by atoms with Crippen LogP contribution in [0, 0.1) is 5.92 Å². The Morgan fingerprint density at radius 2 is 1.82 bits per heavy atom. The van der Waals surface area contributed by atoms with Gasteiger partial charge in [0.05, 0.1) is 18.2 Å². The largest absolute Gasteiger partial charge is 0.457 e. The van der Waals surface area contributed by atoms with Gasteiger partial charge in [-0.3, -0.25) is 9.69 Å². The Kier molecular flexibility index (Phi) is 14.2. The van der Waals surface area contributed by atoms with E-state index in [1.807, 2.05) is 63.2 Å². The van der Waals surface area contributed by atoms with E-state index in [1.54, 1.807) is 24.1 Å². The molecule has 4 rings (SSSR count). The maximum atomic E-state index is 13.5. The van der Waals surface area contributed by atoms with Gasteiger partial charge in [0.25, 0.3) is 0 Å². The van der Waals surface area contributed by atoms with Gasteiger partial charge in [-0.1, -0.05) is 63.8 Å². The molecule has 0 radical (unpaired) electrons. The highest BCUT2D eigenvalue weighted by Crippen LogP contribution is 2.28. The number of aliphatic hydroxyl groups excluding tert-OH is 1. The number of aromatic nitrogens is 2. The molecule has 1 unspecified atom stereocenters. The average Bonchev–Trinajstić information content (AvgIpc) is 3.37. The molecule has 1 aliphatic carbocycles. The van der Waals surface area contributed by atoms with E-state index in [-0.39, 0.29) is 31.1 Å². The summed E-state index contributed by atoms with van der Waals surface area (Å²) < 4.78 is 11.9. The summed E-state index contributed by atoms with van der Waals surface area (Å²) in [6.07, 6.45) is 15.9. The van der Waals surface area contributed by atoms with Crippen molar-refractivity contribution in [2.45, 2.75) is 121 Å². The molecule has 1 aromatic rings. The maximum absolute atomic E-state index is 13.5. The van der Waals surface area contributed by atoms with Crippen molar-refractivity contribution in [2.75, 3.05) is 45.2 Å². The highest BCUT2D eigenvalue weighted by molar-refractivity contribution is 5.70. The standard InChI is InChI=1S/C38H59N5O6/c1-27(32-19-21-39-36(40-32)41(5)6)12-11-13-28(2)35-29(3)16-17-33(38(4,47)20-18-31(44)26-34(45)49-35)48-37(46)43-24-22-42(23-25-43)30-14-9-7-8-10-15-30/h11-13,16-17,19,21,27,29-31,33,35,44,47H,7-10,14-15,18,20,22-26H2,1-6H3/b12-11+,17-16+,28-13+/t27?,29-,31-,33+,35+,38-/m0/s1. The van der Waals surface area contributed by atoms with Crippen molar-refractivity contribution in [2.24, 2.45) is 5.92 Å². The Balaban J connectivity index is 1.46. The van der Waals surface area contributed by atoms with Crippen molar-refractivity contribution in [3.8, 4) is 0 Å². The molecule has 2 N–H and O–H groups in total. The molecule has 1 amide bonds. The predicted octanol–water partition coefficient (Wildman–Crippen LogP) is 5.39. The molecular weight excluding hydrogens is 622 g/mol. The van der Waals surface area contributed by atoms with E-state index in [4.69, 9.17) is 9.47 Å². The lowest BCUT2D eigenvalue weighted by Gasteiger charge is -2.40. The molecule has 1 saturated heterocycles. The highest BCUT2D eigenvalue weighted by atomic mass is 16.6. The van der Waals surface area contributed by atoms with Gasteiger partial charge in [-0.25, -0.2) is 14.8 Å². The SMILES string of the molecule is C/C(=C\C=C\C(C)c1ccnc(N(C)C)n1)[C@H]1OC(=O)C[C@@H](O)CC[C@](C)(O)[C@H](OC(=O)N2CCN(C3CCCCCC3)CC2)/C=C/[C@@H]1C. The summed E-state index contributed by atoms with van der Waals surface area (Å²) in [5.74, 6) is -0.157. The van der Waals surface area contributed by atoms with Crippen LogP contribution in [-0.4, -0.2) is 112 Å². The number of carbonyl (C=O) groups is 2. The summed E-state index contributed by atoms with van der Waals surface area (Å²) in [5, 5.41) is 22.2. The first-order valence-electron chi connectivity index (χ1n) is 18.2. The monoisotopic (exact) mass is 681 g/mol. The molecule has 0 bridgehead atoms. The van der Waals surface area contributed by atoms with Crippen LogP contribution in [0.25, 0.3) is 0 Å². The van der Waals surface area contributed by atoms with Crippen LogP contribution in [0.15, 0.2) is 48.2 Å². The van der Waals surface area contributed by atoms with Crippen molar-refractivity contribution < 1.29 is 29.3 Å². The molecule has 3 aliphatic rings. The van der Waals surface area contributed by atoms with E-state index in [9.17, 15) is 19.8 Å². The number of piperazine rings is 1. The lowest BCUT2D eigenvalue weighted by atomic mass is 9.88. The number of aliphatic hydroxyl groups is 2. The Labute approximate surface area is 293 Å². The van der Waals surface area contributed by atoms with Gasteiger partial charge < -0.3 is 29.5 Å². The van der Waals surface area contributed by atoms with Gasteiger partial charge in [0.1, 0.15) is 11.7 Å². The van der Waals surface area contributed by atoms with Crippen LogP contribution in [-0.2, 0) is 14.3 Å². The van der Waals surface area contributed by atoms with Gasteiger partial charge in [-0.2, -0.15) is 0 Å². The molecule has 2 fully saturated rings. The van der Waals surface area contributed by atoms with E-state index in [0.717, 1.165) is 24.4 Å². The molecule has 11 heteroatoms. The lowest BCUT2D eigenvalue weighted by Crippen LogP contribution is -2.53. The second-order valence-corrected chi connectivity index (χ2v) is 14.6. The normalized spacial score (nSPS) is 30.1. The summed E-state index contributed by atoms with van der Waals surface area (Å²) in [4.78, 5) is 41.4. The third-order valence-corrected chi connectivity index (χ3v) is 10.2. The number of allylic oxidation sites excluding steroid dienone is 3. The second kappa shape index (κ2) is 18.1. The van der Waals surface area contributed by atoms with E-state index in [1.165, 1.54) is 38.5 Å². The van der Waals surface area contributed by atoms with Crippen molar-refractivity contribution in [3.05, 3.63) is 53.9 Å². The zero-order valence-electron chi connectivity index (χ0n) is 30.5. The van der Waals surface area contributed by atoms with Crippen molar-refractivity contribution in [1.82, 2.24) is 19.8 Å². The highest BCUT2D eigenvalue weighted by Gasteiger charge is 2.37. The molecule has 6 atom stereocenters. The summed E-state index contributed by atoms with van der Waals surface area (Å²) in [7, 11) is 3.80. The minimum atomic E-state index is -1.45. The number of cyclic esters (lactones) is 1. The fourth-order valence-electron chi connectivity index (χ4n) is 6.92. The first-order valence-corrected chi connectivity index (χ1v) is 18.2. The maximum Gasteiger partial charge on any atom is 0.410 e. The molecule has 0 spiro atoms. The first-order chi connectivity index (χ1) is 23.3. The number of hydrogen-bond donors (Lipinski definition) is 2. The molecule has 3 heterocycles. The first kappa shape index (κ1) is 38.5. The molecular formula is C38H59N5O6. The quantitative estimate of drug-likeness (QED) is 0.167. The van der Waals surface area contributed by atoms with Crippen LogP contribution in [0.2, 0.25) is 0 Å². The van der Waals surface area contributed by atoms with Crippen molar-refractivity contribution in [3.63, 3.8) is 0 Å². The van der Waals surface area contributed by atoms with E-state index >= 15 is 0 Å². The van der Waals surface area contributed by atoms with Crippen LogP contribution in [0.5, 0.6) is 0 Å². The van der Waals surface area contributed by atoms with Gasteiger partial charge in [-0.15, -0.1) is 0 Å². The summed E-state index contributed by atoms with van der Waals surface area (Å²) in [5.41, 5.74) is 0.243. The molecule has 49 heavy (non-hydrogen) atoms. The Morgan fingerprint density at radius 1 is 1.12 bits per heavy atom. The summed E-state index contributed by atoms with van der Waals surface area (Å²) in [6, 6.07) is 2.49. The number of ether oxygens (including phenoxy) is 2. The van der Waals surface area contributed by atoms with Crippen LogP contribution in [0.3, 0.4) is 0 Å². The van der Waals surface area contributed by atoms with Crippen LogP contribution >= 0.6 is 0 Å². The lowest BCUT2D eigenvalue weighted by molar-refractivity contribution is -0.151. The molecule has 272 valence electrons. The van der Waals surface area contributed by atoms with Gasteiger partial charge in [0, 0.05) is 64.3 Å². The number of nitrogens with zero attached hydrogens (tertiary/aromatic N) is 5. The molecule has 1 aromatic heterocycles. The molecule has 1 saturated carbocycles. The number of anilines is 1. The van der Waals surface area contributed by atoms with Crippen LogP contribution in [0.4, 0.5) is 10.7 Å². The van der Waals surface area contributed by atoms with E-state index < -0.39 is 36.0 Å². The van der Waals surface area contributed by atoms with Gasteiger partial charge in [0.15, 0.2) is 6.10 Å². The van der Waals surface area contributed by atoms with E-state index in [2.05, 4.69) is 21.8 Å². The third-order valence-electron chi connectivity index (χ3n) is 10.2. The van der Waals surface area contributed by atoms with Gasteiger partial charge >= 0.3 is 12.1 Å². The Morgan fingerprint density at radius 3 is 2.49 bits per heavy atom. The van der Waals surface area contributed by atoms with Crippen LogP contribution in [0.1, 0.15) is 97.1 Å². The topological polar surface area (TPSA) is 129 Å². The molecule has 11 nitrogen and oxygen atoms in total. The van der Waals surface area contributed by atoms with Gasteiger partial charge in [-0.05, 0) is 57.2 Å². The summed E-state index contributed by atoms with van der Waals surface area (Å²) in [6.45, 7) is 10.3. The minimum Gasteiger partial charge on any atom is -0.457 e. The number of esters is 1. The van der Waals surface area contributed by atoms with Gasteiger partial charge in [0.2, 0.25) is 5.95 Å². The van der Waals surface area contributed by atoms with Crippen LogP contribution < -0.4 is 4.90 Å². The summed E-state index contributed by atoms with van der Waals surface area (Å²) >= 11 is 0. The number of rotatable bonds is 7. The Hall–Kier alpha value is -3.28. The second-order valence-electron chi connectivity index (χ2n) is 14.6. The third kappa shape index (κ3) is 11.4. The smallest absolute Gasteiger partial charge is 0.410 e. The number of carbonyl (C=O) groups excluding carboxylic acids is 2. The Bertz CT molecular complexity index is 1310. The fraction of sp³-hybridized carbons (Fsp3) is 0.684.